The molecule has 0 aromatic heterocycles. The van der Waals surface area contributed by atoms with Gasteiger partial charge in [-0.3, -0.25) is 0 Å². The molecule has 0 saturated heterocycles. The van der Waals surface area contributed by atoms with Gasteiger partial charge in [0, 0.05) is 18.2 Å². The van der Waals surface area contributed by atoms with E-state index in [2.05, 4.69) is 140 Å². The van der Waals surface area contributed by atoms with E-state index in [1.165, 1.54) is 16.7 Å². The van der Waals surface area contributed by atoms with Gasteiger partial charge >= 0.3 is 29.6 Å². The monoisotopic (exact) mass is 993 g/mol. The van der Waals surface area contributed by atoms with Gasteiger partial charge in [-0.25, -0.2) is 0 Å². The minimum absolute atomic E-state index is 0. The Bertz CT molecular complexity index is 1810. The van der Waals surface area contributed by atoms with Crippen LogP contribution in [-0.4, -0.2) is 87.7 Å². The number of hydrogen-bond acceptors (Lipinski definition) is 9. The molecular formula is C60H94BNaO9. The summed E-state index contributed by atoms with van der Waals surface area (Å²) in [5.41, 5.74) is 4.95. The summed E-state index contributed by atoms with van der Waals surface area (Å²) in [4.78, 5) is 0. The molecule has 0 unspecified atom stereocenters. The zero-order valence-corrected chi connectivity index (χ0v) is 48.4. The van der Waals surface area contributed by atoms with Gasteiger partial charge < -0.3 is 42.6 Å². The van der Waals surface area contributed by atoms with Crippen molar-refractivity contribution in [2.45, 2.75) is 139 Å². The summed E-state index contributed by atoms with van der Waals surface area (Å²) in [5, 5.41) is 0. The molecule has 0 N–H and O–H groups in total. The smallest absolute Gasteiger partial charge is 0.491 e. The summed E-state index contributed by atoms with van der Waals surface area (Å²) in [7, 11) is 0. The molecule has 0 radical (unpaired) electrons. The SMILES string of the molecule is CC(C)(C)CC(C)(C)c1ccc(OCCOCCOc2cc(OCCOCCOc3ccc(C(C)(C)CC(C)(C)C)cc3)cc(OCCOCCOc3ccc(C(C)(C)CC(C)(C)C)cc3)c2)cc1.[BH4-].[Na+]. The van der Waals surface area contributed by atoms with Crippen LogP contribution in [0.4, 0.5) is 0 Å². The summed E-state index contributed by atoms with van der Waals surface area (Å²) in [6, 6.07) is 30.8. The molecule has 9 nitrogen and oxygen atoms in total. The molecule has 4 aromatic carbocycles. The summed E-state index contributed by atoms with van der Waals surface area (Å²) in [6.07, 6.45) is 3.29. The predicted molar refractivity (Wildman–Crippen MR) is 294 cm³/mol. The van der Waals surface area contributed by atoms with Crippen LogP contribution in [0.2, 0.25) is 0 Å². The Morgan fingerprint density at radius 1 is 0.268 bits per heavy atom. The summed E-state index contributed by atoms with van der Waals surface area (Å²) >= 11 is 0. The Morgan fingerprint density at radius 3 is 0.634 bits per heavy atom. The van der Waals surface area contributed by atoms with Gasteiger partial charge in [0.1, 0.15) is 74.1 Å². The largest absolute Gasteiger partial charge is 1.00 e. The van der Waals surface area contributed by atoms with Crippen LogP contribution in [0.5, 0.6) is 34.5 Å². The number of rotatable bonds is 30. The van der Waals surface area contributed by atoms with Crippen molar-refractivity contribution in [2.75, 3.05) is 79.3 Å². The molecule has 11 heteroatoms. The van der Waals surface area contributed by atoms with Crippen molar-refractivity contribution < 1.29 is 72.2 Å². The van der Waals surface area contributed by atoms with Crippen molar-refractivity contribution in [1.82, 2.24) is 0 Å². The molecule has 4 aromatic rings. The second-order valence-corrected chi connectivity index (χ2v) is 24.0. The second-order valence-electron chi connectivity index (χ2n) is 24.0. The molecule has 0 atom stereocenters. The third-order valence-electron chi connectivity index (χ3n) is 11.7. The Labute approximate surface area is 454 Å². The fraction of sp³-hybridized carbons (Fsp3) is 0.600. The first-order chi connectivity index (χ1) is 32.3. The average Bonchev–Trinajstić information content (AvgIpc) is 3.23. The molecule has 0 aliphatic rings. The quantitative estimate of drug-likeness (QED) is 0.0375. The fourth-order valence-electron chi connectivity index (χ4n) is 9.70. The Balaban J connectivity index is 0.00000864. The van der Waals surface area contributed by atoms with Crippen molar-refractivity contribution in [1.29, 1.82) is 0 Å². The topological polar surface area (TPSA) is 83.1 Å². The molecule has 0 bridgehead atoms. The minimum Gasteiger partial charge on any atom is -0.491 e. The van der Waals surface area contributed by atoms with Crippen LogP contribution < -0.4 is 58.0 Å². The molecule has 0 spiro atoms. The maximum absolute atomic E-state index is 6.11. The molecule has 71 heavy (non-hydrogen) atoms. The fourth-order valence-corrected chi connectivity index (χ4v) is 9.70. The van der Waals surface area contributed by atoms with Gasteiger partial charge in [0.2, 0.25) is 0 Å². The van der Waals surface area contributed by atoms with Crippen molar-refractivity contribution in [3.8, 4) is 34.5 Å². The van der Waals surface area contributed by atoms with Crippen LogP contribution in [0, 0.1) is 16.2 Å². The first-order valence-corrected chi connectivity index (χ1v) is 25.3. The number of benzene rings is 4. The summed E-state index contributed by atoms with van der Waals surface area (Å²) in [6.45, 7) is 39.3. The molecule has 0 aliphatic heterocycles. The molecule has 0 fully saturated rings. The molecule has 0 amide bonds. The van der Waals surface area contributed by atoms with Crippen LogP contribution in [0.15, 0.2) is 91.0 Å². The minimum atomic E-state index is 0. The van der Waals surface area contributed by atoms with Gasteiger partial charge in [-0.15, -0.1) is 0 Å². The van der Waals surface area contributed by atoms with E-state index in [9.17, 15) is 0 Å². The van der Waals surface area contributed by atoms with Crippen molar-refractivity contribution in [2.24, 2.45) is 16.2 Å². The Kier molecular flexibility index (Phi) is 26.5. The molecular weight excluding hydrogens is 898 g/mol. The van der Waals surface area contributed by atoms with Crippen molar-refractivity contribution in [3.63, 3.8) is 0 Å². The van der Waals surface area contributed by atoms with E-state index < -0.39 is 0 Å². The second kappa shape index (κ2) is 29.5. The van der Waals surface area contributed by atoms with Gasteiger partial charge in [-0.1, -0.05) is 149 Å². The van der Waals surface area contributed by atoms with Crippen LogP contribution in [0.1, 0.15) is 140 Å². The zero-order valence-electron chi connectivity index (χ0n) is 46.4. The molecule has 0 heterocycles. The Morgan fingerprint density at radius 2 is 0.451 bits per heavy atom. The van der Waals surface area contributed by atoms with E-state index in [1.54, 1.807) is 0 Å². The van der Waals surface area contributed by atoms with Gasteiger partial charge in [0.15, 0.2) is 0 Å². The normalized spacial score (nSPS) is 12.4. The maximum atomic E-state index is 6.11. The molecule has 392 valence electrons. The van der Waals surface area contributed by atoms with Crippen molar-refractivity contribution in [3.05, 3.63) is 108 Å². The average molecular weight is 993 g/mol. The van der Waals surface area contributed by atoms with Crippen molar-refractivity contribution >= 4 is 8.41 Å². The number of ether oxygens (including phenoxy) is 9. The predicted octanol–water partition coefficient (Wildman–Crippen LogP) is 9.80. The third kappa shape index (κ3) is 25.4. The van der Waals surface area contributed by atoms with Gasteiger partial charge in [-0.05, 0) is 105 Å². The van der Waals surface area contributed by atoms with E-state index in [-0.39, 0.29) is 70.5 Å². The maximum Gasteiger partial charge on any atom is 1.00 e. The first kappa shape index (κ1) is 63.7. The van der Waals surface area contributed by atoms with E-state index in [0.717, 1.165) is 36.5 Å². The standard InChI is InChI=1S/C60H90O9.BH4.Na/c1-55(2,3)43-58(10,11)46-16-22-49(23-17-46)64-34-28-61-31-37-67-52-40-53(68-38-32-62-29-35-65-50-24-18-47(19-25-50)59(12,13)44-56(4,5)6)42-54(41-52)69-39-33-63-30-36-66-51-26-20-48(21-27-51)60(14,15)45-57(7,8)9;;/h16-27,40-42H,28-39,43-45H2,1-15H3;1H4;/q;-1;+1. The van der Waals surface area contributed by atoms with E-state index in [4.69, 9.17) is 42.6 Å². The Hall–Kier alpha value is -3.38. The van der Waals surface area contributed by atoms with Crippen LogP contribution in [0.3, 0.4) is 0 Å². The molecule has 0 aliphatic carbocycles. The zero-order chi connectivity index (χ0) is 50.8. The van der Waals surface area contributed by atoms with Gasteiger partial charge in [-0.2, -0.15) is 0 Å². The van der Waals surface area contributed by atoms with Crippen LogP contribution >= 0.6 is 0 Å². The molecule has 0 saturated carbocycles. The van der Waals surface area contributed by atoms with E-state index in [1.807, 2.05) is 54.6 Å². The van der Waals surface area contributed by atoms with Gasteiger partial charge in [0.25, 0.3) is 0 Å². The first-order valence-electron chi connectivity index (χ1n) is 25.3. The van der Waals surface area contributed by atoms with E-state index >= 15 is 0 Å². The van der Waals surface area contributed by atoms with Crippen LogP contribution in [0.25, 0.3) is 0 Å². The number of hydrogen-bond donors (Lipinski definition) is 0. The summed E-state index contributed by atoms with van der Waals surface area (Å²) < 4.78 is 53.8. The summed E-state index contributed by atoms with van der Waals surface area (Å²) in [5.74, 6) is 4.34. The van der Waals surface area contributed by atoms with E-state index in [0.29, 0.717) is 96.5 Å². The molecule has 4 rings (SSSR count). The van der Waals surface area contributed by atoms with Gasteiger partial charge in [0.05, 0.1) is 39.6 Å². The third-order valence-corrected chi connectivity index (χ3v) is 11.7. The van der Waals surface area contributed by atoms with Crippen LogP contribution in [-0.2, 0) is 30.5 Å².